The summed E-state index contributed by atoms with van der Waals surface area (Å²) < 4.78 is 24.5. The summed E-state index contributed by atoms with van der Waals surface area (Å²) in [5.74, 6) is -0.0137. The summed E-state index contributed by atoms with van der Waals surface area (Å²) in [6.07, 6.45) is 1.53. The summed E-state index contributed by atoms with van der Waals surface area (Å²) in [6.45, 7) is 6.68. The van der Waals surface area contributed by atoms with Gasteiger partial charge in [-0.2, -0.15) is 0 Å². The number of halogens is 1. The third-order valence-corrected chi connectivity index (χ3v) is 9.78. The predicted octanol–water partition coefficient (Wildman–Crippen LogP) is 5.89. The molecule has 1 N–H and O–H groups in total. The largest absolute Gasteiger partial charge is 0.385 e. The fourth-order valence-corrected chi connectivity index (χ4v) is 5.93. The van der Waals surface area contributed by atoms with Crippen LogP contribution in [0.1, 0.15) is 59.3 Å². The average Bonchev–Trinajstić information content (AvgIpc) is 2.86. The fourth-order valence-electron chi connectivity index (χ4n) is 4.71. The molecule has 7 heteroatoms. The second-order valence-electron chi connectivity index (χ2n) is 10.3. The lowest BCUT2D eigenvalue weighted by molar-refractivity contribution is 0.0118. The Morgan fingerprint density at radius 2 is 1.62 bits per heavy atom. The second kappa shape index (κ2) is 11.0. The van der Waals surface area contributed by atoms with Crippen LogP contribution in [0.5, 0.6) is 0 Å². The SMILES string of the molecule is Cc1cc(C(=O)Cc2ccc(N3CCC(O)(c4ccc(Cl)cc4)CC3)cc2)ccc1CS(=O)(=O)C(C)C. The number of aryl methyl sites for hydroxylation is 1. The number of carbonyl (C=O) groups is 1. The minimum absolute atomic E-state index is 0.000109. The number of ketones is 1. The number of Topliss-reactive ketones (excluding diaryl/α,β-unsaturated/α-hetero) is 1. The molecule has 1 saturated heterocycles. The highest BCUT2D eigenvalue weighted by Crippen LogP contribution is 2.35. The molecular formula is C30H34ClNO4S. The van der Waals surface area contributed by atoms with Crippen molar-refractivity contribution < 1.29 is 18.3 Å². The van der Waals surface area contributed by atoms with Crippen molar-refractivity contribution in [1.82, 2.24) is 0 Å². The first-order valence-electron chi connectivity index (χ1n) is 12.6. The van der Waals surface area contributed by atoms with E-state index in [0.29, 0.717) is 23.4 Å². The monoisotopic (exact) mass is 539 g/mol. The number of nitrogens with zero attached hydrogens (tertiary/aromatic N) is 1. The number of anilines is 1. The molecule has 0 aromatic heterocycles. The molecular weight excluding hydrogens is 506 g/mol. The Morgan fingerprint density at radius 3 is 2.19 bits per heavy atom. The topological polar surface area (TPSA) is 74.7 Å². The maximum absolute atomic E-state index is 12.9. The molecule has 0 spiro atoms. The molecule has 4 rings (SSSR count). The van der Waals surface area contributed by atoms with Crippen LogP contribution in [0.15, 0.2) is 66.7 Å². The van der Waals surface area contributed by atoms with E-state index in [1.165, 1.54) is 0 Å². The first-order chi connectivity index (χ1) is 17.5. The zero-order valence-corrected chi connectivity index (χ0v) is 23.1. The van der Waals surface area contributed by atoms with Crippen LogP contribution >= 0.6 is 11.6 Å². The van der Waals surface area contributed by atoms with E-state index in [4.69, 9.17) is 11.6 Å². The maximum Gasteiger partial charge on any atom is 0.167 e. The summed E-state index contributed by atoms with van der Waals surface area (Å²) in [5, 5.41) is 11.4. The molecule has 0 amide bonds. The second-order valence-corrected chi connectivity index (χ2v) is 13.3. The molecule has 37 heavy (non-hydrogen) atoms. The number of carbonyl (C=O) groups excluding carboxylic acids is 1. The van der Waals surface area contributed by atoms with E-state index in [9.17, 15) is 18.3 Å². The number of sulfone groups is 1. The first-order valence-corrected chi connectivity index (χ1v) is 14.7. The Labute approximate surface area is 225 Å². The molecule has 3 aromatic carbocycles. The maximum atomic E-state index is 12.9. The van der Waals surface area contributed by atoms with Gasteiger partial charge in [-0.1, -0.05) is 48.0 Å². The molecule has 0 saturated carbocycles. The van der Waals surface area contributed by atoms with Gasteiger partial charge in [0.25, 0.3) is 0 Å². The summed E-state index contributed by atoms with van der Waals surface area (Å²) in [7, 11) is -3.20. The van der Waals surface area contributed by atoms with Crippen LogP contribution in [0.4, 0.5) is 5.69 Å². The quantitative estimate of drug-likeness (QED) is 0.361. The van der Waals surface area contributed by atoms with Crippen LogP contribution in [-0.2, 0) is 27.6 Å². The van der Waals surface area contributed by atoms with Gasteiger partial charge in [-0.05, 0) is 86.2 Å². The van der Waals surface area contributed by atoms with Gasteiger partial charge in [-0.25, -0.2) is 8.42 Å². The summed E-state index contributed by atoms with van der Waals surface area (Å²) in [6, 6.07) is 20.7. The average molecular weight is 540 g/mol. The minimum atomic E-state index is -3.20. The molecule has 1 aliphatic heterocycles. The lowest BCUT2D eigenvalue weighted by Gasteiger charge is -2.39. The molecule has 196 valence electrons. The van der Waals surface area contributed by atoms with Gasteiger partial charge in [-0.3, -0.25) is 4.79 Å². The van der Waals surface area contributed by atoms with Gasteiger partial charge < -0.3 is 10.0 Å². The van der Waals surface area contributed by atoms with Gasteiger partial charge in [0.05, 0.1) is 16.6 Å². The Morgan fingerprint density at radius 1 is 1.00 bits per heavy atom. The molecule has 0 bridgehead atoms. The van der Waals surface area contributed by atoms with Crippen molar-refractivity contribution in [3.63, 3.8) is 0 Å². The third kappa shape index (κ3) is 6.43. The van der Waals surface area contributed by atoms with Crippen LogP contribution in [0.25, 0.3) is 0 Å². The molecule has 1 aliphatic rings. The fraction of sp³-hybridized carbons (Fsp3) is 0.367. The van der Waals surface area contributed by atoms with E-state index in [0.717, 1.165) is 41.0 Å². The molecule has 0 aliphatic carbocycles. The molecule has 3 aromatic rings. The van der Waals surface area contributed by atoms with Crippen molar-refractivity contribution in [2.45, 2.75) is 56.6 Å². The van der Waals surface area contributed by atoms with Gasteiger partial charge in [-0.15, -0.1) is 0 Å². The highest BCUT2D eigenvalue weighted by molar-refractivity contribution is 7.91. The van der Waals surface area contributed by atoms with Gasteiger partial charge >= 0.3 is 0 Å². The van der Waals surface area contributed by atoms with Gasteiger partial charge in [0.15, 0.2) is 15.6 Å². The number of rotatable bonds is 8. The predicted molar refractivity (Wildman–Crippen MR) is 150 cm³/mol. The van der Waals surface area contributed by atoms with E-state index in [-0.39, 0.29) is 18.0 Å². The Hall–Kier alpha value is -2.67. The van der Waals surface area contributed by atoms with Crippen molar-refractivity contribution in [3.8, 4) is 0 Å². The van der Waals surface area contributed by atoms with E-state index in [2.05, 4.69) is 4.90 Å². The molecule has 0 atom stereocenters. The zero-order valence-electron chi connectivity index (χ0n) is 21.6. The minimum Gasteiger partial charge on any atom is -0.385 e. The standard InChI is InChI=1S/C30H34ClNO4S/c1-21(2)37(35,36)20-25-7-6-24(18-22(25)3)29(33)19-23-4-12-28(13-5-23)32-16-14-30(34,15-17-32)26-8-10-27(31)11-9-26/h4-13,18,21,34H,14-17,19-20H2,1-3H3. The molecule has 0 radical (unpaired) electrons. The zero-order chi connectivity index (χ0) is 26.8. The van der Waals surface area contributed by atoms with E-state index >= 15 is 0 Å². The van der Waals surface area contributed by atoms with Gasteiger partial charge in [0.1, 0.15) is 0 Å². The van der Waals surface area contributed by atoms with Crippen LogP contribution in [0.3, 0.4) is 0 Å². The molecule has 1 fully saturated rings. The Balaban J connectivity index is 1.36. The molecule has 0 unspecified atom stereocenters. The van der Waals surface area contributed by atoms with Crippen LogP contribution in [0, 0.1) is 6.92 Å². The summed E-state index contributed by atoms with van der Waals surface area (Å²) >= 11 is 5.99. The number of hydrogen-bond donors (Lipinski definition) is 1. The summed E-state index contributed by atoms with van der Waals surface area (Å²) in [5.41, 5.74) is 4.18. The van der Waals surface area contributed by atoms with Crippen molar-refractivity contribution >= 4 is 32.9 Å². The smallest absolute Gasteiger partial charge is 0.167 e. The number of hydrogen-bond acceptors (Lipinski definition) is 5. The third-order valence-electron chi connectivity index (χ3n) is 7.38. The normalized spacial score (nSPS) is 15.7. The molecule has 1 heterocycles. The lowest BCUT2D eigenvalue weighted by Crippen LogP contribution is -2.42. The number of aliphatic hydroxyl groups is 1. The van der Waals surface area contributed by atoms with E-state index in [1.54, 1.807) is 32.0 Å². The van der Waals surface area contributed by atoms with E-state index < -0.39 is 20.7 Å². The Kier molecular flexibility index (Phi) is 8.12. The van der Waals surface area contributed by atoms with Crippen molar-refractivity contribution in [2.75, 3.05) is 18.0 Å². The van der Waals surface area contributed by atoms with Gasteiger partial charge in [0, 0.05) is 35.8 Å². The van der Waals surface area contributed by atoms with Crippen LogP contribution < -0.4 is 4.90 Å². The highest BCUT2D eigenvalue weighted by atomic mass is 35.5. The highest BCUT2D eigenvalue weighted by Gasteiger charge is 2.34. The van der Waals surface area contributed by atoms with Crippen molar-refractivity contribution in [1.29, 1.82) is 0 Å². The number of piperidine rings is 1. The van der Waals surface area contributed by atoms with Crippen molar-refractivity contribution in [3.05, 3.63) is 99.6 Å². The van der Waals surface area contributed by atoms with Crippen molar-refractivity contribution in [2.24, 2.45) is 0 Å². The summed E-state index contributed by atoms with van der Waals surface area (Å²) in [4.78, 5) is 15.2. The van der Waals surface area contributed by atoms with E-state index in [1.807, 2.05) is 55.5 Å². The number of benzene rings is 3. The van der Waals surface area contributed by atoms with Crippen LogP contribution in [-0.4, -0.2) is 37.6 Å². The first kappa shape index (κ1) is 27.4. The lowest BCUT2D eigenvalue weighted by atomic mass is 9.84. The Bertz CT molecular complexity index is 1360. The molecule has 5 nitrogen and oxygen atoms in total. The van der Waals surface area contributed by atoms with Crippen LogP contribution in [0.2, 0.25) is 5.02 Å². The van der Waals surface area contributed by atoms with Gasteiger partial charge in [0.2, 0.25) is 0 Å².